The number of rotatable bonds is 3. The number of hydrogen-bond donors (Lipinski definition) is 2. The molecule has 7 nitrogen and oxygen atoms in total. The van der Waals surface area contributed by atoms with E-state index in [1.807, 2.05) is 28.7 Å². The zero-order chi connectivity index (χ0) is 15.8. The molecular formula is C16H13N7. The molecule has 0 aliphatic rings. The van der Waals surface area contributed by atoms with Crippen molar-refractivity contribution in [3.05, 3.63) is 42.1 Å². The summed E-state index contributed by atoms with van der Waals surface area (Å²) in [5.74, 6) is 0.506. The summed E-state index contributed by atoms with van der Waals surface area (Å²) in [6.45, 7) is 1.09. The van der Waals surface area contributed by atoms with Crippen LogP contribution < -0.4 is 11.1 Å². The molecule has 0 bridgehead atoms. The second-order valence-corrected chi connectivity index (χ2v) is 5.12. The minimum atomic E-state index is 0.498. The number of benzene rings is 1. The van der Waals surface area contributed by atoms with Gasteiger partial charge in [0.25, 0.3) is 0 Å². The van der Waals surface area contributed by atoms with Gasteiger partial charge in [-0.15, -0.1) is 0 Å². The van der Waals surface area contributed by atoms with Crippen LogP contribution in [0.15, 0.2) is 36.5 Å². The number of para-hydroxylation sites is 2. The van der Waals surface area contributed by atoms with Crippen LogP contribution in [0.3, 0.4) is 0 Å². The summed E-state index contributed by atoms with van der Waals surface area (Å²) in [7, 11) is 0. The van der Waals surface area contributed by atoms with Crippen LogP contribution in [-0.4, -0.2) is 32.4 Å². The lowest BCUT2D eigenvalue weighted by atomic mass is 10.2. The molecule has 112 valence electrons. The summed E-state index contributed by atoms with van der Waals surface area (Å²) in [5.41, 5.74) is 9.05. The van der Waals surface area contributed by atoms with E-state index in [0.29, 0.717) is 35.9 Å². The molecule has 4 aromatic rings. The Hall–Kier alpha value is -3.24. The van der Waals surface area contributed by atoms with E-state index in [2.05, 4.69) is 26.3 Å². The Morgan fingerprint density at radius 1 is 1.22 bits per heavy atom. The Bertz CT molecular complexity index is 1070. The largest absolute Gasteiger partial charge is 0.353 e. The number of hydrogen-bond acceptors (Lipinski definition) is 6. The molecule has 0 amide bonds. The summed E-state index contributed by atoms with van der Waals surface area (Å²) < 4.78 is 1.90. The Balaban J connectivity index is 2.12. The summed E-state index contributed by atoms with van der Waals surface area (Å²) in [5, 5.41) is 13.3. The minimum Gasteiger partial charge on any atom is -0.353 e. The monoisotopic (exact) mass is 303 g/mol. The fraction of sp³-hybridized carbons (Fsp3) is 0.125. The maximum Gasteiger partial charge on any atom is 0.224 e. The van der Waals surface area contributed by atoms with Crippen molar-refractivity contribution in [3.63, 3.8) is 0 Å². The normalized spacial score (nSPS) is 11.1. The third-order valence-electron chi connectivity index (χ3n) is 3.66. The van der Waals surface area contributed by atoms with Gasteiger partial charge in [0, 0.05) is 24.7 Å². The molecule has 0 saturated carbocycles. The van der Waals surface area contributed by atoms with Gasteiger partial charge in [-0.1, -0.05) is 12.1 Å². The van der Waals surface area contributed by atoms with Crippen molar-refractivity contribution in [2.75, 3.05) is 18.4 Å². The van der Waals surface area contributed by atoms with E-state index in [-0.39, 0.29) is 0 Å². The third-order valence-corrected chi connectivity index (χ3v) is 3.66. The zero-order valence-electron chi connectivity index (χ0n) is 12.2. The fourth-order valence-corrected chi connectivity index (χ4v) is 2.66. The van der Waals surface area contributed by atoms with Crippen LogP contribution >= 0.6 is 0 Å². The van der Waals surface area contributed by atoms with E-state index in [0.717, 1.165) is 16.4 Å². The Kier molecular flexibility index (Phi) is 3.03. The molecule has 0 spiro atoms. The number of imidazole rings is 1. The maximum atomic E-state index is 9.42. The smallest absolute Gasteiger partial charge is 0.224 e. The quantitative estimate of drug-likeness (QED) is 0.596. The number of nitrogens with one attached hydrogen (secondary N) is 1. The SMILES string of the molecule is N#Cc1cc2cnc(NCCN)nc2n2c1nc1ccccc12. The van der Waals surface area contributed by atoms with E-state index >= 15 is 0 Å². The molecule has 23 heavy (non-hydrogen) atoms. The van der Waals surface area contributed by atoms with E-state index in [9.17, 15) is 5.26 Å². The lowest BCUT2D eigenvalue weighted by Gasteiger charge is -2.07. The molecule has 0 fully saturated rings. The lowest BCUT2D eigenvalue weighted by Crippen LogP contribution is -2.15. The number of nitriles is 1. The average Bonchev–Trinajstić information content (AvgIpc) is 2.99. The fourth-order valence-electron chi connectivity index (χ4n) is 2.66. The lowest BCUT2D eigenvalue weighted by molar-refractivity contribution is 0.992. The van der Waals surface area contributed by atoms with Gasteiger partial charge >= 0.3 is 0 Å². The summed E-state index contributed by atoms with van der Waals surface area (Å²) in [6.07, 6.45) is 1.70. The van der Waals surface area contributed by atoms with Crippen molar-refractivity contribution in [1.29, 1.82) is 5.26 Å². The third kappa shape index (κ3) is 2.05. The predicted molar refractivity (Wildman–Crippen MR) is 88.1 cm³/mol. The number of aromatic nitrogens is 4. The summed E-state index contributed by atoms with van der Waals surface area (Å²) in [6, 6.07) is 11.7. The molecule has 7 heteroatoms. The van der Waals surface area contributed by atoms with Gasteiger partial charge in [0.05, 0.1) is 16.6 Å². The van der Waals surface area contributed by atoms with Gasteiger partial charge in [0.15, 0.2) is 11.3 Å². The van der Waals surface area contributed by atoms with Crippen molar-refractivity contribution in [2.24, 2.45) is 5.73 Å². The van der Waals surface area contributed by atoms with Crippen LogP contribution in [0.4, 0.5) is 5.95 Å². The van der Waals surface area contributed by atoms with Crippen molar-refractivity contribution in [1.82, 2.24) is 19.4 Å². The van der Waals surface area contributed by atoms with Crippen LogP contribution in [-0.2, 0) is 0 Å². The van der Waals surface area contributed by atoms with Crippen molar-refractivity contribution < 1.29 is 0 Å². The molecule has 0 radical (unpaired) electrons. The van der Waals surface area contributed by atoms with Crippen molar-refractivity contribution in [3.8, 4) is 6.07 Å². The molecule has 0 unspecified atom stereocenters. The Morgan fingerprint density at radius 2 is 2.09 bits per heavy atom. The first-order valence-electron chi connectivity index (χ1n) is 7.23. The Morgan fingerprint density at radius 3 is 2.91 bits per heavy atom. The number of pyridine rings is 1. The number of nitrogens with zero attached hydrogens (tertiary/aromatic N) is 5. The second-order valence-electron chi connectivity index (χ2n) is 5.12. The Labute approximate surface area is 131 Å². The molecular weight excluding hydrogens is 290 g/mol. The zero-order valence-corrected chi connectivity index (χ0v) is 12.2. The van der Waals surface area contributed by atoms with Crippen LogP contribution in [0.2, 0.25) is 0 Å². The maximum absolute atomic E-state index is 9.42. The highest BCUT2D eigenvalue weighted by molar-refractivity contribution is 5.91. The van der Waals surface area contributed by atoms with E-state index in [1.165, 1.54) is 0 Å². The molecule has 3 heterocycles. The van der Waals surface area contributed by atoms with Gasteiger partial charge < -0.3 is 11.1 Å². The van der Waals surface area contributed by atoms with Crippen LogP contribution in [0.25, 0.3) is 27.7 Å². The van der Waals surface area contributed by atoms with Gasteiger partial charge in [-0.3, -0.25) is 4.40 Å². The van der Waals surface area contributed by atoms with Crippen molar-refractivity contribution in [2.45, 2.75) is 0 Å². The minimum absolute atomic E-state index is 0.498. The molecule has 3 N–H and O–H groups in total. The van der Waals surface area contributed by atoms with Crippen LogP contribution in [0, 0.1) is 11.3 Å². The number of fused-ring (bicyclic) bond motifs is 5. The highest BCUT2D eigenvalue weighted by Crippen LogP contribution is 2.25. The molecule has 3 aromatic heterocycles. The second kappa shape index (κ2) is 5.19. The highest BCUT2D eigenvalue weighted by atomic mass is 15.1. The summed E-state index contributed by atoms with van der Waals surface area (Å²) in [4.78, 5) is 13.4. The standard InChI is InChI=1S/C16H13N7/c17-5-6-19-16-20-9-11-7-10(8-18)14-21-12-3-1-2-4-13(12)23(14)15(11)22-16/h1-4,7,9H,5-6,17H2,(H,19,20,22). The number of nitrogens with two attached hydrogens (primary N) is 1. The first-order valence-corrected chi connectivity index (χ1v) is 7.23. The van der Waals surface area contributed by atoms with Gasteiger partial charge in [-0.05, 0) is 18.2 Å². The molecule has 0 saturated heterocycles. The molecule has 1 aromatic carbocycles. The first-order chi connectivity index (χ1) is 11.3. The predicted octanol–water partition coefficient (Wildman–Crippen LogP) is 1.67. The summed E-state index contributed by atoms with van der Waals surface area (Å²) >= 11 is 0. The molecule has 0 aliphatic carbocycles. The van der Waals surface area contributed by atoms with Gasteiger partial charge in [0.2, 0.25) is 5.95 Å². The topological polar surface area (TPSA) is 105 Å². The molecule has 4 rings (SSSR count). The van der Waals surface area contributed by atoms with Gasteiger partial charge in [0.1, 0.15) is 6.07 Å². The highest BCUT2D eigenvalue weighted by Gasteiger charge is 2.14. The van der Waals surface area contributed by atoms with Crippen LogP contribution in [0.5, 0.6) is 0 Å². The first kappa shape index (κ1) is 13.4. The van der Waals surface area contributed by atoms with Crippen molar-refractivity contribution >= 4 is 33.7 Å². The molecule has 0 atom stereocenters. The van der Waals surface area contributed by atoms with Crippen LogP contribution in [0.1, 0.15) is 5.56 Å². The van der Waals surface area contributed by atoms with Gasteiger partial charge in [-0.25, -0.2) is 9.97 Å². The van der Waals surface area contributed by atoms with E-state index in [1.54, 1.807) is 12.3 Å². The van der Waals surface area contributed by atoms with Gasteiger partial charge in [-0.2, -0.15) is 10.2 Å². The average molecular weight is 303 g/mol. The van der Waals surface area contributed by atoms with E-state index < -0.39 is 0 Å². The van der Waals surface area contributed by atoms with E-state index in [4.69, 9.17) is 5.73 Å². The molecule has 0 aliphatic heterocycles. The number of anilines is 1.